The van der Waals surface area contributed by atoms with E-state index in [1.807, 2.05) is 0 Å². The number of carboxylic acids is 1. The molecular weight excluding hydrogens is 514 g/mol. The van der Waals surface area contributed by atoms with Gasteiger partial charge in [0.25, 0.3) is 0 Å². The number of aliphatic hydroxyl groups excluding tert-OH is 2. The molecule has 1 aromatic carbocycles. The summed E-state index contributed by atoms with van der Waals surface area (Å²) in [5.74, 6) is -10.1. The number of anilines is 1. The van der Waals surface area contributed by atoms with E-state index in [4.69, 9.17) is 10.8 Å². The number of hydrogen-bond donors (Lipinski definition) is 7. The standard InChI is InChI=1S/C26H31N3O10/c1-29(2)19-12-9-11-8-10-6-7-13(28-14(30)4-3-5-15(31)32)20(33)16(10)21(34)17(11)23(36)26(12,39)24(37)18(22(19)35)25(27)38/h6-7,11-12,18-19,22,33-35,39H,3-5,8-9H2,1-2H3,(H2,27,38)(H,28,30)(H,31,32)/t11-,12-,18?,19-,22?,26-/m1/s1. The molecule has 0 aromatic heterocycles. The molecule has 13 nitrogen and oxygen atoms in total. The lowest BCUT2D eigenvalue weighted by Gasteiger charge is -2.53. The zero-order valence-corrected chi connectivity index (χ0v) is 21.4. The molecule has 6 atom stereocenters. The lowest BCUT2D eigenvalue weighted by Crippen LogP contribution is -2.73. The monoisotopic (exact) mass is 545 g/mol. The third-order valence-corrected chi connectivity index (χ3v) is 8.03. The average molecular weight is 546 g/mol. The van der Waals surface area contributed by atoms with E-state index in [9.17, 15) is 44.4 Å². The van der Waals surface area contributed by atoms with Crippen LogP contribution in [-0.2, 0) is 30.4 Å². The van der Waals surface area contributed by atoms with E-state index in [0.717, 1.165) is 0 Å². The Bertz CT molecular complexity index is 1300. The minimum Gasteiger partial charge on any atom is -0.507 e. The van der Waals surface area contributed by atoms with Gasteiger partial charge in [0, 0.05) is 30.4 Å². The van der Waals surface area contributed by atoms with Crippen LogP contribution in [0.4, 0.5) is 5.69 Å². The van der Waals surface area contributed by atoms with Gasteiger partial charge in [-0.25, -0.2) is 0 Å². The Labute approximate surface area is 222 Å². The molecule has 0 saturated heterocycles. The van der Waals surface area contributed by atoms with Crippen molar-refractivity contribution in [3.8, 4) is 5.75 Å². The zero-order valence-electron chi connectivity index (χ0n) is 21.4. The number of nitrogens with one attached hydrogen (secondary N) is 1. The van der Waals surface area contributed by atoms with Crippen LogP contribution in [0.2, 0.25) is 0 Å². The number of phenolic OH excluding ortho intramolecular Hbond substituents is 1. The summed E-state index contributed by atoms with van der Waals surface area (Å²) >= 11 is 0. The molecular formula is C26H31N3O10. The number of fused-ring (bicyclic) bond motifs is 3. The van der Waals surface area contributed by atoms with Crippen molar-refractivity contribution in [1.82, 2.24) is 4.90 Å². The SMILES string of the molecule is CN(C)[C@H]1C(O)C(C(N)=O)C(=O)[C@]2(O)C(=O)C3=C(O)c4c(ccc(NC(=O)CCCC(=O)O)c4O)C[C@@H]3C[C@H]12. The van der Waals surface area contributed by atoms with Crippen LogP contribution >= 0.6 is 0 Å². The molecule has 0 spiro atoms. The molecule has 3 aliphatic carbocycles. The number of benzene rings is 1. The number of rotatable bonds is 7. The number of carboxylic acid groups (broad SMARTS) is 1. The van der Waals surface area contributed by atoms with Crippen LogP contribution in [0.1, 0.15) is 36.8 Å². The van der Waals surface area contributed by atoms with Crippen molar-refractivity contribution in [2.24, 2.45) is 23.5 Å². The third kappa shape index (κ3) is 4.45. The summed E-state index contributed by atoms with van der Waals surface area (Å²) in [5.41, 5.74) is 2.51. The Morgan fingerprint density at radius 3 is 2.41 bits per heavy atom. The molecule has 0 aliphatic heterocycles. The van der Waals surface area contributed by atoms with Gasteiger partial charge in [0.05, 0.1) is 17.4 Å². The Kier molecular flexibility index (Phi) is 7.27. The number of amides is 2. The van der Waals surface area contributed by atoms with Crippen molar-refractivity contribution in [1.29, 1.82) is 0 Å². The predicted octanol–water partition coefficient (Wildman–Crippen LogP) is -0.678. The van der Waals surface area contributed by atoms with Crippen LogP contribution in [0, 0.1) is 17.8 Å². The van der Waals surface area contributed by atoms with Gasteiger partial charge in [0.15, 0.2) is 11.4 Å². The quantitative estimate of drug-likeness (QED) is 0.168. The number of aliphatic hydroxyl groups is 3. The van der Waals surface area contributed by atoms with Gasteiger partial charge < -0.3 is 41.5 Å². The van der Waals surface area contributed by atoms with Crippen molar-refractivity contribution < 1.29 is 49.5 Å². The minimum atomic E-state index is -2.75. The highest BCUT2D eigenvalue weighted by atomic mass is 16.4. The third-order valence-electron chi connectivity index (χ3n) is 8.03. The lowest BCUT2D eigenvalue weighted by atomic mass is 9.54. The minimum absolute atomic E-state index is 0.00102. The topological polar surface area (TPSA) is 228 Å². The second-order valence-electron chi connectivity index (χ2n) is 10.6. The van der Waals surface area contributed by atoms with Crippen molar-refractivity contribution in [3.63, 3.8) is 0 Å². The number of primary amides is 1. The fourth-order valence-corrected chi connectivity index (χ4v) is 6.29. The molecule has 0 bridgehead atoms. The largest absolute Gasteiger partial charge is 0.507 e. The van der Waals surface area contributed by atoms with E-state index in [-0.39, 0.29) is 48.9 Å². The lowest BCUT2D eigenvalue weighted by molar-refractivity contribution is -0.184. The Hall–Kier alpha value is -3.81. The van der Waals surface area contributed by atoms with Gasteiger partial charge in [0.1, 0.15) is 17.4 Å². The first-order valence-corrected chi connectivity index (χ1v) is 12.5. The van der Waals surface area contributed by atoms with Gasteiger partial charge >= 0.3 is 5.97 Å². The number of carbonyl (C=O) groups is 5. The van der Waals surface area contributed by atoms with Crippen LogP contribution in [0.15, 0.2) is 17.7 Å². The second kappa shape index (κ2) is 10.1. The predicted molar refractivity (Wildman–Crippen MR) is 134 cm³/mol. The molecule has 8 N–H and O–H groups in total. The number of Topliss-reactive ketones (excluding diaryl/α,β-unsaturated/α-hetero) is 2. The van der Waals surface area contributed by atoms with Gasteiger partial charge in [-0.05, 0) is 50.9 Å². The molecule has 2 unspecified atom stereocenters. The first-order valence-electron chi connectivity index (χ1n) is 12.5. The first-order chi connectivity index (χ1) is 18.2. The number of likely N-dealkylation sites (N-methyl/N-ethyl adjacent to an activating group) is 1. The number of ketones is 2. The fourth-order valence-electron chi connectivity index (χ4n) is 6.29. The van der Waals surface area contributed by atoms with Crippen molar-refractivity contribution in [2.75, 3.05) is 19.4 Å². The number of aliphatic carboxylic acids is 1. The molecule has 4 rings (SSSR count). The van der Waals surface area contributed by atoms with Crippen LogP contribution in [0.5, 0.6) is 5.75 Å². The highest BCUT2D eigenvalue weighted by Crippen LogP contribution is 2.52. The Balaban J connectivity index is 1.74. The molecule has 2 fully saturated rings. The molecule has 210 valence electrons. The number of phenols is 1. The van der Waals surface area contributed by atoms with E-state index in [2.05, 4.69) is 5.32 Å². The highest BCUT2D eigenvalue weighted by Gasteiger charge is 2.67. The molecule has 13 heteroatoms. The van der Waals surface area contributed by atoms with E-state index < -0.39 is 76.4 Å². The van der Waals surface area contributed by atoms with E-state index in [1.54, 1.807) is 20.2 Å². The van der Waals surface area contributed by atoms with Crippen LogP contribution < -0.4 is 11.1 Å². The van der Waals surface area contributed by atoms with Gasteiger partial charge in [-0.1, -0.05) is 6.07 Å². The maximum absolute atomic E-state index is 13.8. The Morgan fingerprint density at radius 1 is 1.15 bits per heavy atom. The van der Waals surface area contributed by atoms with Crippen LogP contribution in [0.25, 0.3) is 5.76 Å². The number of hydrogen-bond acceptors (Lipinski definition) is 10. The smallest absolute Gasteiger partial charge is 0.303 e. The molecule has 1 aromatic rings. The highest BCUT2D eigenvalue weighted by molar-refractivity contribution is 6.25. The van der Waals surface area contributed by atoms with E-state index in [0.29, 0.717) is 5.56 Å². The van der Waals surface area contributed by atoms with E-state index in [1.165, 1.54) is 11.0 Å². The number of aromatic hydroxyl groups is 1. The Morgan fingerprint density at radius 2 is 1.82 bits per heavy atom. The summed E-state index contributed by atoms with van der Waals surface area (Å²) in [6.45, 7) is 0. The molecule has 0 radical (unpaired) electrons. The molecule has 2 saturated carbocycles. The van der Waals surface area contributed by atoms with Crippen LogP contribution in [-0.4, -0.2) is 91.6 Å². The molecule has 2 amide bonds. The fraction of sp³-hybridized carbons (Fsp3) is 0.500. The summed E-state index contributed by atoms with van der Waals surface area (Å²) in [5, 5.41) is 55.8. The molecule has 39 heavy (non-hydrogen) atoms. The summed E-state index contributed by atoms with van der Waals surface area (Å²) < 4.78 is 0. The van der Waals surface area contributed by atoms with Gasteiger partial charge in [-0.3, -0.25) is 24.0 Å². The maximum atomic E-state index is 13.8. The summed E-state index contributed by atoms with van der Waals surface area (Å²) in [4.78, 5) is 63.6. The number of nitrogens with two attached hydrogens (primary N) is 1. The molecule has 3 aliphatic rings. The first kappa shape index (κ1) is 28.2. The summed E-state index contributed by atoms with van der Waals surface area (Å²) in [6.07, 6.45) is -1.71. The van der Waals surface area contributed by atoms with Crippen LogP contribution in [0.3, 0.4) is 0 Å². The zero-order chi connectivity index (χ0) is 29.0. The van der Waals surface area contributed by atoms with Crippen molar-refractivity contribution in [3.05, 3.63) is 28.8 Å². The van der Waals surface area contributed by atoms with Crippen molar-refractivity contribution >= 4 is 40.8 Å². The van der Waals surface area contributed by atoms with Gasteiger partial charge in [0.2, 0.25) is 17.6 Å². The van der Waals surface area contributed by atoms with E-state index >= 15 is 0 Å². The van der Waals surface area contributed by atoms with Crippen molar-refractivity contribution in [2.45, 2.75) is 49.9 Å². The summed E-state index contributed by atoms with van der Waals surface area (Å²) in [6, 6.07) is 1.98. The van der Waals surface area contributed by atoms with Gasteiger partial charge in [-0.2, -0.15) is 0 Å². The number of nitrogens with zero attached hydrogens (tertiary/aromatic N) is 1. The average Bonchev–Trinajstić information content (AvgIpc) is 2.82. The van der Waals surface area contributed by atoms with Gasteiger partial charge in [-0.15, -0.1) is 0 Å². The normalized spacial score (nSPS) is 29.9. The second-order valence-corrected chi connectivity index (χ2v) is 10.6. The number of carbonyl (C=O) groups excluding carboxylic acids is 4. The molecule has 0 heterocycles. The summed E-state index contributed by atoms with van der Waals surface area (Å²) in [7, 11) is 3.14. The maximum Gasteiger partial charge on any atom is 0.303 e.